The molecule has 1 rings (SSSR count). The Kier molecular flexibility index (Phi) is 4.15. The molecule has 0 unspecified atom stereocenters. The molecule has 15 heavy (non-hydrogen) atoms. The zero-order chi connectivity index (χ0) is 11.4. The molecule has 0 aromatic rings. The Morgan fingerprint density at radius 1 is 1.40 bits per heavy atom. The summed E-state index contributed by atoms with van der Waals surface area (Å²) in [6.07, 6.45) is 6.96. The third-order valence-corrected chi connectivity index (χ3v) is 2.81. The van der Waals surface area contributed by atoms with Crippen molar-refractivity contribution in [2.24, 2.45) is 4.99 Å². The van der Waals surface area contributed by atoms with E-state index in [0.29, 0.717) is 0 Å². The Morgan fingerprint density at radius 2 is 2.07 bits per heavy atom. The average Bonchev–Trinajstić information content (AvgIpc) is 2.27. The molecule has 0 spiro atoms. The summed E-state index contributed by atoms with van der Waals surface area (Å²) >= 11 is 6.19. The lowest BCUT2D eigenvalue weighted by Gasteiger charge is -2.19. The fraction of sp³-hybridized carbons (Fsp3) is 0.417. The molecule has 0 saturated carbocycles. The quantitative estimate of drug-likeness (QED) is 0.704. The standard InChI is InChI=1S/C12H17ClN2/c1-5-11(13)10-8-9(15(3)4)6-7-12(10)14-2/h6-8H,5H2,1-4H3/b11-10+,14-12?. The monoisotopic (exact) mass is 224 g/mol. The molecule has 1 aliphatic carbocycles. The minimum absolute atomic E-state index is 0.834. The van der Waals surface area contributed by atoms with E-state index in [2.05, 4.69) is 16.0 Å². The second-order valence-electron chi connectivity index (χ2n) is 3.58. The molecular weight excluding hydrogens is 208 g/mol. The maximum Gasteiger partial charge on any atom is 0.0656 e. The van der Waals surface area contributed by atoms with Crippen LogP contribution in [-0.2, 0) is 0 Å². The SMILES string of the molecule is CC/C(Cl)=C1/C=C(N(C)C)C=CC1=NC. The normalized spacial score (nSPS) is 21.7. The molecule has 3 heteroatoms. The summed E-state index contributed by atoms with van der Waals surface area (Å²) in [5, 5.41) is 0.860. The number of allylic oxidation sites excluding steroid dienone is 5. The second kappa shape index (κ2) is 5.17. The van der Waals surface area contributed by atoms with Crippen LogP contribution in [0.4, 0.5) is 0 Å². The number of halogens is 1. The zero-order valence-corrected chi connectivity index (χ0v) is 10.5. The molecule has 0 fully saturated rings. The number of aliphatic imine (C=N–C) groups is 1. The van der Waals surface area contributed by atoms with Crippen molar-refractivity contribution in [1.82, 2.24) is 4.90 Å². The van der Waals surface area contributed by atoms with Crippen LogP contribution < -0.4 is 0 Å². The molecule has 1 aliphatic rings. The first-order valence-electron chi connectivity index (χ1n) is 5.03. The molecule has 0 bridgehead atoms. The van der Waals surface area contributed by atoms with Gasteiger partial charge in [0, 0.05) is 37.4 Å². The van der Waals surface area contributed by atoms with E-state index >= 15 is 0 Å². The molecular formula is C12H17ClN2. The van der Waals surface area contributed by atoms with Gasteiger partial charge < -0.3 is 4.90 Å². The van der Waals surface area contributed by atoms with Gasteiger partial charge in [-0.05, 0) is 24.6 Å². The molecule has 0 N–H and O–H groups in total. The number of likely N-dealkylation sites (N-methyl/N-ethyl adjacent to an activating group) is 1. The van der Waals surface area contributed by atoms with Crippen molar-refractivity contribution in [2.75, 3.05) is 21.1 Å². The summed E-state index contributed by atoms with van der Waals surface area (Å²) in [5.74, 6) is 0. The van der Waals surface area contributed by atoms with Crippen LogP contribution in [0.3, 0.4) is 0 Å². The van der Waals surface area contributed by atoms with E-state index in [1.165, 1.54) is 0 Å². The van der Waals surface area contributed by atoms with Gasteiger partial charge >= 0.3 is 0 Å². The molecule has 0 aromatic carbocycles. The zero-order valence-electron chi connectivity index (χ0n) is 9.71. The summed E-state index contributed by atoms with van der Waals surface area (Å²) in [7, 11) is 5.82. The molecule has 0 amide bonds. The first kappa shape index (κ1) is 12.1. The summed E-state index contributed by atoms with van der Waals surface area (Å²) in [6, 6.07) is 0. The topological polar surface area (TPSA) is 15.6 Å². The highest BCUT2D eigenvalue weighted by molar-refractivity contribution is 6.33. The van der Waals surface area contributed by atoms with Crippen LogP contribution >= 0.6 is 11.6 Å². The Morgan fingerprint density at radius 3 is 2.53 bits per heavy atom. The molecule has 2 nitrogen and oxygen atoms in total. The maximum absolute atomic E-state index is 6.19. The predicted octanol–water partition coefficient (Wildman–Crippen LogP) is 2.98. The van der Waals surface area contributed by atoms with Crippen molar-refractivity contribution >= 4 is 17.3 Å². The van der Waals surface area contributed by atoms with E-state index < -0.39 is 0 Å². The van der Waals surface area contributed by atoms with E-state index in [4.69, 9.17) is 11.6 Å². The van der Waals surface area contributed by atoms with Gasteiger partial charge in [0.05, 0.1) is 5.71 Å². The Balaban J connectivity index is 3.17. The summed E-state index contributed by atoms with van der Waals surface area (Å²) in [4.78, 5) is 6.27. The van der Waals surface area contributed by atoms with Crippen molar-refractivity contribution in [3.05, 3.63) is 34.5 Å². The van der Waals surface area contributed by atoms with Crippen LogP contribution in [0.2, 0.25) is 0 Å². The Hall–Kier alpha value is -1.02. The third kappa shape index (κ3) is 2.72. The van der Waals surface area contributed by atoms with Crippen molar-refractivity contribution < 1.29 is 0 Å². The lowest BCUT2D eigenvalue weighted by Crippen LogP contribution is -2.14. The average molecular weight is 225 g/mol. The van der Waals surface area contributed by atoms with Gasteiger partial charge in [-0.3, -0.25) is 4.99 Å². The molecule has 0 heterocycles. The highest BCUT2D eigenvalue weighted by atomic mass is 35.5. The number of hydrogen-bond acceptors (Lipinski definition) is 2. The van der Waals surface area contributed by atoms with Crippen molar-refractivity contribution in [1.29, 1.82) is 0 Å². The van der Waals surface area contributed by atoms with Crippen LogP contribution in [-0.4, -0.2) is 31.8 Å². The van der Waals surface area contributed by atoms with Crippen LogP contribution in [0, 0.1) is 0 Å². The first-order chi connectivity index (χ1) is 7.10. The van der Waals surface area contributed by atoms with Gasteiger partial charge in [0.25, 0.3) is 0 Å². The lowest BCUT2D eigenvalue weighted by molar-refractivity contribution is 0.529. The van der Waals surface area contributed by atoms with Gasteiger partial charge in [-0.15, -0.1) is 0 Å². The van der Waals surface area contributed by atoms with E-state index in [1.54, 1.807) is 7.05 Å². The van der Waals surface area contributed by atoms with Gasteiger partial charge in [0.1, 0.15) is 0 Å². The third-order valence-electron chi connectivity index (χ3n) is 2.34. The first-order valence-corrected chi connectivity index (χ1v) is 5.40. The van der Waals surface area contributed by atoms with E-state index in [1.807, 2.05) is 33.2 Å². The van der Waals surface area contributed by atoms with Crippen LogP contribution in [0.25, 0.3) is 0 Å². The largest absolute Gasteiger partial charge is 0.378 e. The number of hydrogen-bond donors (Lipinski definition) is 0. The minimum Gasteiger partial charge on any atom is -0.378 e. The number of nitrogens with zero attached hydrogens (tertiary/aromatic N) is 2. The minimum atomic E-state index is 0.834. The predicted molar refractivity (Wildman–Crippen MR) is 67.4 cm³/mol. The van der Waals surface area contributed by atoms with Crippen molar-refractivity contribution in [2.45, 2.75) is 13.3 Å². The van der Waals surface area contributed by atoms with Gasteiger partial charge in [-0.25, -0.2) is 0 Å². The van der Waals surface area contributed by atoms with Crippen molar-refractivity contribution in [3.8, 4) is 0 Å². The highest BCUT2D eigenvalue weighted by Gasteiger charge is 2.12. The Labute approximate surface area is 96.6 Å². The second-order valence-corrected chi connectivity index (χ2v) is 4.03. The van der Waals surface area contributed by atoms with Crippen LogP contribution in [0.15, 0.2) is 39.5 Å². The van der Waals surface area contributed by atoms with Crippen LogP contribution in [0.1, 0.15) is 13.3 Å². The fourth-order valence-corrected chi connectivity index (χ4v) is 1.56. The smallest absolute Gasteiger partial charge is 0.0656 e. The van der Waals surface area contributed by atoms with Crippen molar-refractivity contribution in [3.63, 3.8) is 0 Å². The van der Waals surface area contributed by atoms with Gasteiger partial charge in [0.2, 0.25) is 0 Å². The summed E-state index contributed by atoms with van der Waals surface area (Å²) < 4.78 is 0. The molecule has 0 radical (unpaired) electrons. The van der Waals surface area contributed by atoms with Gasteiger partial charge in [-0.2, -0.15) is 0 Å². The summed E-state index contributed by atoms with van der Waals surface area (Å²) in [6.45, 7) is 2.05. The van der Waals surface area contributed by atoms with Crippen LogP contribution in [0.5, 0.6) is 0 Å². The summed E-state index contributed by atoms with van der Waals surface area (Å²) in [5.41, 5.74) is 3.13. The molecule has 0 aromatic heterocycles. The molecule has 0 aliphatic heterocycles. The highest BCUT2D eigenvalue weighted by Crippen LogP contribution is 2.22. The maximum atomic E-state index is 6.19. The Bertz CT molecular complexity index is 360. The molecule has 0 saturated heterocycles. The van der Waals surface area contributed by atoms with E-state index in [-0.39, 0.29) is 0 Å². The van der Waals surface area contributed by atoms with Gasteiger partial charge in [-0.1, -0.05) is 18.5 Å². The number of rotatable bonds is 2. The van der Waals surface area contributed by atoms with E-state index in [0.717, 1.165) is 28.4 Å². The fourth-order valence-electron chi connectivity index (χ4n) is 1.40. The molecule has 82 valence electrons. The lowest BCUT2D eigenvalue weighted by atomic mass is 10.0. The van der Waals surface area contributed by atoms with Gasteiger partial charge in [0.15, 0.2) is 0 Å². The van der Waals surface area contributed by atoms with E-state index in [9.17, 15) is 0 Å². The molecule has 0 atom stereocenters.